The van der Waals surface area contributed by atoms with E-state index in [4.69, 9.17) is 5.73 Å². The number of nitrogens with zero attached hydrogens (tertiary/aromatic N) is 2. The number of thiazole rings is 1. The van der Waals surface area contributed by atoms with Gasteiger partial charge in [-0.2, -0.15) is 5.10 Å². The lowest BCUT2D eigenvalue weighted by atomic mass is 10.1. The van der Waals surface area contributed by atoms with Gasteiger partial charge in [-0.3, -0.25) is 10.1 Å². The lowest BCUT2D eigenvalue weighted by molar-refractivity contribution is 0.655. The topological polar surface area (TPSA) is 67.6 Å². The molecule has 0 amide bonds. The fraction of sp³-hybridized carbons (Fsp3) is 0.455. The summed E-state index contributed by atoms with van der Waals surface area (Å²) in [5.41, 5.74) is 10.1. The molecule has 0 aromatic carbocycles. The van der Waals surface area contributed by atoms with Gasteiger partial charge >= 0.3 is 0 Å². The van der Waals surface area contributed by atoms with E-state index in [1.807, 2.05) is 24.8 Å². The van der Waals surface area contributed by atoms with Gasteiger partial charge in [0.2, 0.25) is 0 Å². The van der Waals surface area contributed by atoms with E-state index < -0.39 is 0 Å². The van der Waals surface area contributed by atoms with Crippen molar-refractivity contribution in [3.8, 4) is 0 Å². The summed E-state index contributed by atoms with van der Waals surface area (Å²) in [5, 5.41) is 7.15. The molecule has 0 radical (unpaired) electrons. The van der Waals surface area contributed by atoms with Crippen LogP contribution in [0.2, 0.25) is 0 Å². The van der Waals surface area contributed by atoms with E-state index in [1.165, 1.54) is 16.1 Å². The van der Waals surface area contributed by atoms with Gasteiger partial charge in [-0.05, 0) is 25.3 Å². The Bertz CT molecular complexity index is 419. The van der Waals surface area contributed by atoms with Crippen LogP contribution in [0.4, 0.5) is 0 Å². The van der Waals surface area contributed by atoms with Crippen molar-refractivity contribution in [3.05, 3.63) is 34.0 Å². The number of aromatic amines is 1. The molecule has 2 heterocycles. The van der Waals surface area contributed by atoms with Gasteiger partial charge in [-0.1, -0.05) is 0 Å². The molecular weight excluding hydrogens is 220 g/mol. The molecule has 4 nitrogen and oxygen atoms in total. The van der Waals surface area contributed by atoms with Gasteiger partial charge in [0.05, 0.1) is 11.7 Å². The molecular formula is C11H16N4S. The highest BCUT2D eigenvalue weighted by Gasteiger charge is 2.07. The van der Waals surface area contributed by atoms with Crippen LogP contribution in [-0.2, 0) is 12.8 Å². The maximum absolute atomic E-state index is 5.75. The first-order valence-electron chi connectivity index (χ1n) is 5.39. The number of aryl methyl sites for hydroxylation is 1. The minimum atomic E-state index is 0.236. The van der Waals surface area contributed by atoms with Crippen LogP contribution in [0.15, 0.2) is 17.9 Å². The molecule has 0 spiro atoms. The predicted octanol–water partition coefficient (Wildman–Crippen LogP) is 1.74. The average Bonchev–Trinajstić information content (AvgIpc) is 2.87. The van der Waals surface area contributed by atoms with Gasteiger partial charge in [0.15, 0.2) is 0 Å². The fourth-order valence-corrected chi connectivity index (χ4v) is 2.21. The summed E-state index contributed by atoms with van der Waals surface area (Å²) in [6, 6.07) is 0.236. The molecule has 0 aliphatic heterocycles. The van der Waals surface area contributed by atoms with Crippen LogP contribution in [0.5, 0.6) is 0 Å². The molecule has 1 unspecified atom stereocenters. The minimum absolute atomic E-state index is 0.236. The lowest BCUT2D eigenvalue weighted by Crippen LogP contribution is -2.15. The van der Waals surface area contributed by atoms with E-state index in [0.717, 1.165) is 19.3 Å². The van der Waals surface area contributed by atoms with E-state index >= 15 is 0 Å². The van der Waals surface area contributed by atoms with Crippen LogP contribution < -0.4 is 5.73 Å². The van der Waals surface area contributed by atoms with E-state index in [0.29, 0.717) is 0 Å². The Hall–Kier alpha value is -1.20. The quantitative estimate of drug-likeness (QED) is 0.831. The third kappa shape index (κ3) is 2.90. The predicted molar refractivity (Wildman–Crippen MR) is 65.5 cm³/mol. The molecule has 0 aliphatic carbocycles. The Kier molecular flexibility index (Phi) is 3.69. The smallest absolute Gasteiger partial charge is 0.0794 e. The molecule has 0 saturated carbocycles. The molecule has 1 atom stereocenters. The van der Waals surface area contributed by atoms with Crippen LogP contribution in [-0.4, -0.2) is 21.2 Å². The molecule has 0 fully saturated rings. The van der Waals surface area contributed by atoms with Gasteiger partial charge in [0, 0.05) is 29.2 Å². The highest BCUT2D eigenvalue weighted by Crippen LogP contribution is 2.16. The fourth-order valence-electron chi connectivity index (χ4n) is 1.60. The van der Waals surface area contributed by atoms with E-state index in [1.54, 1.807) is 11.3 Å². The number of hydrogen-bond donors (Lipinski definition) is 2. The Morgan fingerprint density at radius 3 is 3.06 bits per heavy atom. The summed E-state index contributed by atoms with van der Waals surface area (Å²) < 4.78 is 0. The first-order valence-corrected chi connectivity index (χ1v) is 6.27. The van der Waals surface area contributed by atoms with Crippen molar-refractivity contribution in [1.29, 1.82) is 0 Å². The van der Waals surface area contributed by atoms with Crippen LogP contribution >= 0.6 is 11.3 Å². The van der Waals surface area contributed by atoms with Crippen LogP contribution in [0.3, 0.4) is 0 Å². The third-order valence-electron chi connectivity index (χ3n) is 2.51. The summed E-state index contributed by atoms with van der Waals surface area (Å²) in [6.07, 6.45) is 6.67. The summed E-state index contributed by atoms with van der Waals surface area (Å²) in [7, 11) is 0. The van der Waals surface area contributed by atoms with Crippen molar-refractivity contribution in [2.45, 2.75) is 32.2 Å². The summed E-state index contributed by atoms with van der Waals surface area (Å²) in [6.45, 7) is 2.03. The molecule has 0 aliphatic rings. The number of aromatic nitrogens is 3. The van der Waals surface area contributed by atoms with Crippen LogP contribution in [0.25, 0.3) is 0 Å². The summed E-state index contributed by atoms with van der Waals surface area (Å²) in [4.78, 5) is 5.34. The number of nitrogens with one attached hydrogen (secondary N) is 1. The molecule has 2 aromatic heterocycles. The molecule has 3 N–H and O–H groups in total. The normalized spacial score (nSPS) is 12.9. The molecule has 0 bridgehead atoms. The highest BCUT2D eigenvalue weighted by atomic mass is 32.1. The number of rotatable bonds is 5. The first kappa shape index (κ1) is 11.3. The van der Waals surface area contributed by atoms with Crippen molar-refractivity contribution < 1.29 is 0 Å². The summed E-state index contributed by atoms with van der Waals surface area (Å²) in [5.74, 6) is 0. The lowest BCUT2D eigenvalue weighted by Gasteiger charge is -2.04. The largest absolute Gasteiger partial charge is 0.328 e. The Morgan fingerprint density at radius 2 is 2.38 bits per heavy atom. The Morgan fingerprint density at radius 1 is 1.50 bits per heavy atom. The van der Waals surface area contributed by atoms with Gasteiger partial charge < -0.3 is 5.73 Å². The van der Waals surface area contributed by atoms with E-state index in [-0.39, 0.29) is 6.04 Å². The zero-order valence-corrected chi connectivity index (χ0v) is 10.1. The third-order valence-corrected chi connectivity index (χ3v) is 3.28. The van der Waals surface area contributed by atoms with Gasteiger partial charge in [-0.25, -0.2) is 0 Å². The van der Waals surface area contributed by atoms with Gasteiger partial charge in [0.1, 0.15) is 0 Å². The van der Waals surface area contributed by atoms with Crippen molar-refractivity contribution in [2.75, 3.05) is 0 Å². The van der Waals surface area contributed by atoms with Crippen molar-refractivity contribution >= 4 is 11.3 Å². The average molecular weight is 236 g/mol. The van der Waals surface area contributed by atoms with Crippen molar-refractivity contribution in [1.82, 2.24) is 15.2 Å². The second-order valence-electron chi connectivity index (χ2n) is 4.03. The van der Waals surface area contributed by atoms with Crippen molar-refractivity contribution in [3.63, 3.8) is 0 Å². The maximum Gasteiger partial charge on any atom is 0.0794 e. The molecule has 5 heteroatoms. The van der Waals surface area contributed by atoms with Gasteiger partial charge in [-0.15, -0.1) is 11.3 Å². The first-order chi connectivity index (χ1) is 7.75. The molecule has 16 heavy (non-hydrogen) atoms. The standard InChI is InChI=1S/C11H16N4S/c1-8(12)2-3-11-9(5-14-15-11)4-10-6-13-7-16-10/h5-8H,2-4,12H2,1H3,(H,14,15). The zero-order valence-electron chi connectivity index (χ0n) is 9.31. The Labute approximate surface area is 98.9 Å². The maximum atomic E-state index is 5.75. The van der Waals surface area contributed by atoms with Gasteiger partial charge in [0.25, 0.3) is 0 Å². The zero-order chi connectivity index (χ0) is 11.4. The monoisotopic (exact) mass is 236 g/mol. The second kappa shape index (κ2) is 5.23. The molecule has 86 valence electrons. The van der Waals surface area contributed by atoms with E-state index in [2.05, 4.69) is 15.2 Å². The number of H-pyrrole nitrogens is 1. The number of nitrogens with two attached hydrogens (primary N) is 1. The van der Waals surface area contributed by atoms with E-state index in [9.17, 15) is 0 Å². The molecule has 0 saturated heterocycles. The Balaban J connectivity index is 2.01. The molecule has 2 rings (SSSR count). The SMILES string of the molecule is CC(N)CCc1[nH]ncc1Cc1cncs1. The minimum Gasteiger partial charge on any atom is -0.328 e. The highest BCUT2D eigenvalue weighted by molar-refractivity contribution is 7.09. The van der Waals surface area contributed by atoms with Crippen LogP contribution in [0, 0.1) is 0 Å². The van der Waals surface area contributed by atoms with Crippen LogP contribution in [0.1, 0.15) is 29.5 Å². The molecule has 2 aromatic rings. The number of hydrogen-bond acceptors (Lipinski definition) is 4. The van der Waals surface area contributed by atoms with Crippen molar-refractivity contribution in [2.24, 2.45) is 5.73 Å². The summed E-state index contributed by atoms with van der Waals surface area (Å²) >= 11 is 1.68. The second-order valence-corrected chi connectivity index (χ2v) is 5.01.